The fourth-order valence-electron chi connectivity index (χ4n) is 1.69. The molecule has 0 N–H and O–H groups in total. The largest absolute Gasteiger partial charge is 0.293 e. The number of halogens is 2. The molecule has 2 aromatic rings. The predicted molar refractivity (Wildman–Crippen MR) is 63.3 cm³/mol. The van der Waals surface area contributed by atoms with Crippen molar-refractivity contribution < 1.29 is 13.6 Å². The van der Waals surface area contributed by atoms with E-state index in [1.165, 1.54) is 0 Å². The first-order valence-corrected chi connectivity index (χ1v) is 5.50. The van der Waals surface area contributed by atoms with Gasteiger partial charge in [-0.25, -0.2) is 8.78 Å². The fourth-order valence-corrected chi connectivity index (χ4v) is 1.69. The van der Waals surface area contributed by atoms with Gasteiger partial charge in [-0.05, 0) is 31.2 Å². The van der Waals surface area contributed by atoms with Crippen molar-refractivity contribution in [2.24, 2.45) is 0 Å². The minimum atomic E-state index is -0.845. The molecule has 0 amide bonds. The Balaban J connectivity index is 2.32. The number of rotatable bonds is 3. The molecule has 0 bridgehead atoms. The van der Waals surface area contributed by atoms with Crippen LogP contribution in [-0.2, 0) is 0 Å². The molecular formula is C14H11F2NO. The predicted octanol–water partition coefficient (Wildman–Crippen LogP) is 3.35. The molecule has 0 aliphatic rings. The monoisotopic (exact) mass is 247 g/mol. The van der Waals surface area contributed by atoms with Gasteiger partial charge in [0.15, 0.2) is 5.78 Å². The van der Waals surface area contributed by atoms with Gasteiger partial charge in [-0.3, -0.25) is 9.78 Å². The number of Topliss-reactive ketones (excluding diaryl/α,β-unsaturated/α-hetero) is 1. The highest BCUT2D eigenvalue weighted by atomic mass is 19.1. The minimum Gasteiger partial charge on any atom is -0.293 e. The Kier molecular flexibility index (Phi) is 3.46. The van der Waals surface area contributed by atoms with E-state index in [0.717, 1.165) is 12.1 Å². The average molecular weight is 247 g/mol. The van der Waals surface area contributed by atoms with E-state index in [1.807, 2.05) is 0 Å². The van der Waals surface area contributed by atoms with E-state index in [2.05, 4.69) is 4.98 Å². The number of carbonyl (C=O) groups excluding carboxylic acids is 1. The lowest BCUT2D eigenvalue weighted by Gasteiger charge is -2.10. The maximum atomic E-state index is 13.5. The van der Waals surface area contributed by atoms with E-state index in [9.17, 15) is 13.6 Å². The molecule has 1 atom stereocenters. The molecule has 1 heterocycles. The second-order valence-electron chi connectivity index (χ2n) is 3.96. The molecule has 2 nitrogen and oxygen atoms in total. The molecule has 18 heavy (non-hydrogen) atoms. The number of pyridine rings is 1. The lowest BCUT2D eigenvalue weighted by atomic mass is 9.95. The van der Waals surface area contributed by atoms with Gasteiger partial charge in [-0.2, -0.15) is 0 Å². The molecule has 0 fully saturated rings. The van der Waals surface area contributed by atoms with Gasteiger partial charge in [0, 0.05) is 12.3 Å². The highest BCUT2D eigenvalue weighted by molar-refractivity contribution is 6.00. The zero-order chi connectivity index (χ0) is 13.1. The van der Waals surface area contributed by atoms with Gasteiger partial charge in [-0.1, -0.05) is 6.07 Å². The molecule has 4 heteroatoms. The van der Waals surface area contributed by atoms with Gasteiger partial charge >= 0.3 is 0 Å². The number of hydrogen-bond acceptors (Lipinski definition) is 2. The van der Waals surface area contributed by atoms with Crippen LogP contribution in [0.1, 0.15) is 28.9 Å². The summed E-state index contributed by atoms with van der Waals surface area (Å²) in [6.07, 6.45) is 1.57. The molecule has 0 spiro atoms. The molecule has 2 rings (SSSR count). The van der Waals surface area contributed by atoms with Crippen molar-refractivity contribution in [1.29, 1.82) is 0 Å². The maximum absolute atomic E-state index is 13.5. The summed E-state index contributed by atoms with van der Waals surface area (Å²) < 4.78 is 26.3. The standard InChI is InChI=1S/C14H11F2NO/c1-9(13-4-2-3-7-17-13)14(18)11-6-5-10(15)8-12(11)16/h2-9H,1H3. The third-order valence-electron chi connectivity index (χ3n) is 2.72. The number of carbonyl (C=O) groups is 1. The smallest absolute Gasteiger partial charge is 0.174 e. The number of benzene rings is 1. The second kappa shape index (κ2) is 5.04. The maximum Gasteiger partial charge on any atom is 0.174 e. The Bertz CT molecular complexity index is 569. The average Bonchev–Trinajstić information content (AvgIpc) is 2.38. The van der Waals surface area contributed by atoms with E-state index < -0.39 is 23.3 Å². The third kappa shape index (κ3) is 2.42. The first-order valence-electron chi connectivity index (χ1n) is 5.50. The van der Waals surface area contributed by atoms with Gasteiger partial charge in [0.05, 0.1) is 17.2 Å². The summed E-state index contributed by atoms with van der Waals surface area (Å²) in [5.74, 6) is -2.52. The summed E-state index contributed by atoms with van der Waals surface area (Å²) in [6, 6.07) is 8.13. The Hall–Kier alpha value is -2.10. The fraction of sp³-hybridized carbons (Fsp3) is 0.143. The SMILES string of the molecule is CC(C(=O)c1ccc(F)cc1F)c1ccccn1. The van der Waals surface area contributed by atoms with E-state index in [1.54, 1.807) is 31.3 Å². The van der Waals surface area contributed by atoms with Crippen LogP contribution < -0.4 is 0 Å². The quantitative estimate of drug-likeness (QED) is 0.778. The highest BCUT2D eigenvalue weighted by Gasteiger charge is 2.21. The third-order valence-corrected chi connectivity index (χ3v) is 2.72. The lowest BCUT2D eigenvalue weighted by molar-refractivity contribution is 0.0960. The van der Waals surface area contributed by atoms with E-state index in [-0.39, 0.29) is 5.56 Å². The van der Waals surface area contributed by atoms with Crippen molar-refractivity contribution in [2.45, 2.75) is 12.8 Å². The Morgan fingerprint density at radius 1 is 1.22 bits per heavy atom. The number of ketones is 1. The molecule has 1 aromatic heterocycles. The molecule has 0 saturated heterocycles. The van der Waals surface area contributed by atoms with Crippen molar-refractivity contribution in [3.8, 4) is 0 Å². The van der Waals surface area contributed by atoms with Crippen LogP contribution in [0.25, 0.3) is 0 Å². The van der Waals surface area contributed by atoms with Crippen molar-refractivity contribution in [2.75, 3.05) is 0 Å². The van der Waals surface area contributed by atoms with Gasteiger partial charge in [-0.15, -0.1) is 0 Å². The first kappa shape index (κ1) is 12.4. The van der Waals surface area contributed by atoms with Crippen molar-refractivity contribution in [1.82, 2.24) is 4.98 Å². The summed E-state index contributed by atoms with van der Waals surface area (Å²) in [4.78, 5) is 16.1. The van der Waals surface area contributed by atoms with Gasteiger partial charge < -0.3 is 0 Å². The molecule has 0 radical (unpaired) electrons. The van der Waals surface area contributed by atoms with Crippen molar-refractivity contribution in [3.05, 3.63) is 65.5 Å². The summed E-state index contributed by atoms with van der Waals surface area (Å²) in [6.45, 7) is 1.65. The lowest BCUT2D eigenvalue weighted by Crippen LogP contribution is -2.12. The number of aromatic nitrogens is 1. The van der Waals surface area contributed by atoms with Crippen LogP contribution in [0.4, 0.5) is 8.78 Å². The van der Waals surface area contributed by atoms with Crippen LogP contribution in [0, 0.1) is 11.6 Å². The van der Waals surface area contributed by atoms with E-state index in [0.29, 0.717) is 11.8 Å². The van der Waals surface area contributed by atoms with E-state index in [4.69, 9.17) is 0 Å². The molecular weight excluding hydrogens is 236 g/mol. The molecule has 1 unspecified atom stereocenters. The minimum absolute atomic E-state index is 0.116. The molecule has 0 saturated carbocycles. The van der Waals surface area contributed by atoms with Gasteiger partial charge in [0.2, 0.25) is 0 Å². The van der Waals surface area contributed by atoms with Crippen molar-refractivity contribution in [3.63, 3.8) is 0 Å². The Morgan fingerprint density at radius 3 is 2.61 bits per heavy atom. The molecule has 0 aliphatic carbocycles. The number of nitrogens with zero attached hydrogens (tertiary/aromatic N) is 1. The molecule has 1 aromatic carbocycles. The normalized spacial score (nSPS) is 12.2. The summed E-state index contributed by atoms with van der Waals surface area (Å²) in [5, 5.41) is 0. The van der Waals surface area contributed by atoms with Crippen LogP contribution in [0.2, 0.25) is 0 Å². The zero-order valence-corrected chi connectivity index (χ0v) is 9.73. The van der Waals surface area contributed by atoms with Crippen LogP contribution in [0.3, 0.4) is 0 Å². The topological polar surface area (TPSA) is 30.0 Å². The summed E-state index contributed by atoms with van der Waals surface area (Å²) in [7, 11) is 0. The first-order chi connectivity index (χ1) is 8.59. The van der Waals surface area contributed by atoms with Crippen LogP contribution in [0.15, 0.2) is 42.6 Å². The van der Waals surface area contributed by atoms with Crippen LogP contribution in [-0.4, -0.2) is 10.8 Å². The molecule has 92 valence electrons. The Morgan fingerprint density at radius 2 is 2.00 bits per heavy atom. The second-order valence-corrected chi connectivity index (χ2v) is 3.96. The zero-order valence-electron chi connectivity index (χ0n) is 9.73. The van der Waals surface area contributed by atoms with Crippen LogP contribution in [0.5, 0.6) is 0 Å². The van der Waals surface area contributed by atoms with Crippen LogP contribution >= 0.6 is 0 Å². The van der Waals surface area contributed by atoms with E-state index >= 15 is 0 Å². The van der Waals surface area contributed by atoms with Crippen molar-refractivity contribution >= 4 is 5.78 Å². The van der Waals surface area contributed by atoms with Gasteiger partial charge in [0.25, 0.3) is 0 Å². The highest BCUT2D eigenvalue weighted by Crippen LogP contribution is 2.20. The number of hydrogen-bond donors (Lipinski definition) is 0. The summed E-state index contributed by atoms with van der Waals surface area (Å²) in [5.41, 5.74) is 0.445. The Labute approximate surface area is 103 Å². The van der Waals surface area contributed by atoms with Gasteiger partial charge in [0.1, 0.15) is 11.6 Å². The molecule has 0 aliphatic heterocycles. The summed E-state index contributed by atoms with van der Waals surface area (Å²) >= 11 is 0.